The Morgan fingerprint density at radius 3 is 2.65 bits per heavy atom. The minimum absolute atomic E-state index is 0.0926. The Bertz CT molecular complexity index is 1640. The average Bonchev–Trinajstić information content (AvgIpc) is 3.44. The smallest absolute Gasteiger partial charge is 0.297 e. The molecule has 0 radical (unpaired) electrons. The molecule has 5 rings (SSSR count). The molecule has 2 aromatic heterocycles. The number of benzene rings is 2. The molecule has 226 valence electrons. The molecule has 11 heteroatoms. The average molecular weight is 622 g/mol. The largest absolute Gasteiger partial charge is 0.491 e. The van der Waals surface area contributed by atoms with Crippen LogP contribution in [0.15, 0.2) is 77.8 Å². The minimum atomic E-state index is -3.95. The Balaban J connectivity index is 1.21. The van der Waals surface area contributed by atoms with Crippen LogP contribution in [0.4, 0.5) is 5.82 Å². The standard InChI is InChI=1S/C32H35N3O6S2/c1-23-10-14-27(15-11-23)43(36,37)40-22-26(41-32-9-5-6-18-38-32)21-39-25-13-16-28-29(19-25)42-31(35-28)8-4-3-7-24-12-17-30(33-2)34-20-24/h3-4,7-8,10-17,19-20,26,32H,5-6,9,18,21-22H2,1-2H3,(H,33,34)/b7-3+,8-4+. The lowest BCUT2D eigenvalue weighted by atomic mass is 10.2. The summed E-state index contributed by atoms with van der Waals surface area (Å²) in [4.78, 5) is 9.08. The zero-order chi connectivity index (χ0) is 30.1. The minimum Gasteiger partial charge on any atom is -0.491 e. The summed E-state index contributed by atoms with van der Waals surface area (Å²) in [7, 11) is -2.11. The Morgan fingerprint density at radius 2 is 1.91 bits per heavy atom. The van der Waals surface area contributed by atoms with Crippen LogP contribution in [0.5, 0.6) is 5.75 Å². The van der Waals surface area contributed by atoms with Crippen LogP contribution in [-0.2, 0) is 23.8 Å². The molecule has 9 nitrogen and oxygen atoms in total. The summed E-state index contributed by atoms with van der Waals surface area (Å²) in [5.41, 5.74) is 2.83. The highest BCUT2D eigenvalue weighted by atomic mass is 32.2. The lowest BCUT2D eigenvalue weighted by Gasteiger charge is -2.27. The number of nitrogens with one attached hydrogen (secondary N) is 1. The first-order valence-corrected chi connectivity index (χ1v) is 16.4. The van der Waals surface area contributed by atoms with Gasteiger partial charge in [-0.05, 0) is 80.3 Å². The zero-order valence-corrected chi connectivity index (χ0v) is 25.8. The number of hydrogen-bond donors (Lipinski definition) is 1. The molecular formula is C32H35N3O6S2. The molecule has 43 heavy (non-hydrogen) atoms. The van der Waals surface area contributed by atoms with Gasteiger partial charge >= 0.3 is 0 Å². The molecule has 0 aliphatic carbocycles. The highest BCUT2D eigenvalue weighted by Gasteiger charge is 2.24. The zero-order valence-electron chi connectivity index (χ0n) is 24.1. The third-order valence-corrected chi connectivity index (χ3v) is 8.97. The summed E-state index contributed by atoms with van der Waals surface area (Å²) < 4.78 is 49.8. The summed E-state index contributed by atoms with van der Waals surface area (Å²) >= 11 is 1.55. The molecule has 1 saturated heterocycles. The van der Waals surface area contributed by atoms with Gasteiger partial charge in [0.05, 0.1) is 21.7 Å². The molecule has 4 aromatic rings. The van der Waals surface area contributed by atoms with E-state index in [-0.39, 0.29) is 18.1 Å². The molecule has 0 amide bonds. The molecule has 1 N–H and O–H groups in total. The number of nitrogens with zero attached hydrogens (tertiary/aromatic N) is 2. The lowest BCUT2D eigenvalue weighted by molar-refractivity contribution is -0.198. The van der Waals surface area contributed by atoms with Crippen molar-refractivity contribution in [2.45, 2.75) is 43.5 Å². The predicted molar refractivity (Wildman–Crippen MR) is 170 cm³/mol. The quantitative estimate of drug-likeness (QED) is 0.133. The highest BCUT2D eigenvalue weighted by Crippen LogP contribution is 2.28. The second-order valence-electron chi connectivity index (χ2n) is 10.0. The summed E-state index contributed by atoms with van der Waals surface area (Å²) in [6.45, 7) is 2.40. The molecular weight excluding hydrogens is 587 g/mol. The molecule has 1 aliphatic rings. The van der Waals surface area contributed by atoms with E-state index in [1.54, 1.807) is 23.5 Å². The van der Waals surface area contributed by atoms with Crippen LogP contribution in [0.25, 0.3) is 22.4 Å². The van der Waals surface area contributed by atoms with Crippen LogP contribution >= 0.6 is 11.3 Å². The molecule has 3 heterocycles. The first-order valence-electron chi connectivity index (χ1n) is 14.1. The molecule has 1 fully saturated rings. The molecule has 2 aromatic carbocycles. The molecule has 0 bridgehead atoms. The second-order valence-corrected chi connectivity index (χ2v) is 12.7. The summed E-state index contributed by atoms with van der Waals surface area (Å²) in [5.74, 6) is 1.45. The topological polar surface area (TPSA) is 109 Å². The van der Waals surface area contributed by atoms with Crippen molar-refractivity contribution < 1.29 is 26.8 Å². The van der Waals surface area contributed by atoms with Gasteiger partial charge in [-0.25, -0.2) is 9.97 Å². The van der Waals surface area contributed by atoms with Crippen LogP contribution in [0.2, 0.25) is 0 Å². The van der Waals surface area contributed by atoms with E-state index >= 15 is 0 Å². The number of hydrogen-bond acceptors (Lipinski definition) is 10. The van der Waals surface area contributed by atoms with Crippen LogP contribution in [0.1, 0.15) is 35.4 Å². The Labute approximate surface area is 256 Å². The summed E-state index contributed by atoms with van der Waals surface area (Å²) in [6.07, 6.45) is 11.3. The van der Waals surface area contributed by atoms with Crippen molar-refractivity contribution >= 4 is 49.6 Å². The van der Waals surface area contributed by atoms with Crippen molar-refractivity contribution in [3.8, 4) is 5.75 Å². The number of anilines is 1. The third-order valence-electron chi connectivity index (χ3n) is 6.69. The number of fused-ring (bicyclic) bond motifs is 1. The Morgan fingerprint density at radius 1 is 1.07 bits per heavy atom. The number of pyridine rings is 1. The fraction of sp³-hybridized carbons (Fsp3) is 0.312. The van der Waals surface area contributed by atoms with Gasteiger partial charge in [-0.15, -0.1) is 11.3 Å². The first kappa shape index (κ1) is 30.8. The van der Waals surface area contributed by atoms with Gasteiger partial charge in [-0.1, -0.05) is 35.9 Å². The van der Waals surface area contributed by atoms with Crippen molar-refractivity contribution in [2.75, 3.05) is 32.2 Å². The van der Waals surface area contributed by atoms with E-state index < -0.39 is 22.5 Å². The number of aromatic nitrogens is 2. The van der Waals surface area contributed by atoms with Crippen molar-refractivity contribution in [2.24, 2.45) is 0 Å². The van der Waals surface area contributed by atoms with Crippen molar-refractivity contribution in [3.63, 3.8) is 0 Å². The monoisotopic (exact) mass is 621 g/mol. The molecule has 0 spiro atoms. The maximum absolute atomic E-state index is 12.8. The number of thiazole rings is 1. The fourth-order valence-corrected chi connectivity index (χ4v) is 6.17. The maximum Gasteiger partial charge on any atom is 0.297 e. The van der Waals surface area contributed by atoms with Crippen LogP contribution in [-0.4, -0.2) is 57.6 Å². The SMILES string of the molecule is CNc1ccc(/C=C/C=C/c2nc3ccc(OCC(COS(=O)(=O)c4ccc(C)cc4)OC4CCCCO4)cc3s2)cn1. The van der Waals surface area contributed by atoms with Crippen LogP contribution in [0.3, 0.4) is 0 Å². The summed E-state index contributed by atoms with van der Waals surface area (Å²) in [5, 5.41) is 3.87. The van der Waals surface area contributed by atoms with Gasteiger partial charge in [-0.2, -0.15) is 8.42 Å². The van der Waals surface area contributed by atoms with Crippen molar-refractivity contribution in [3.05, 3.63) is 89.1 Å². The Hall–Kier alpha value is -3.61. The van der Waals surface area contributed by atoms with Gasteiger partial charge in [0.1, 0.15) is 29.3 Å². The number of ether oxygens (including phenoxy) is 3. The van der Waals surface area contributed by atoms with E-state index in [2.05, 4.69) is 15.3 Å². The number of rotatable bonds is 13. The predicted octanol–water partition coefficient (Wildman–Crippen LogP) is 6.46. The highest BCUT2D eigenvalue weighted by molar-refractivity contribution is 7.86. The van der Waals surface area contributed by atoms with Gasteiger partial charge in [0.15, 0.2) is 6.29 Å². The van der Waals surface area contributed by atoms with Crippen molar-refractivity contribution in [1.29, 1.82) is 0 Å². The van der Waals surface area contributed by atoms with Crippen LogP contribution in [0, 0.1) is 6.92 Å². The fourth-order valence-electron chi connectivity index (χ4n) is 4.33. The van der Waals surface area contributed by atoms with Gasteiger partial charge in [0.2, 0.25) is 0 Å². The summed E-state index contributed by atoms with van der Waals surface area (Å²) in [6, 6.07) is 16.1. The van der Waals surface area contributed by atoms with E-state index in [1.165, 1.54) is 12.1 Å². The van der Waals surface area contributed by atoms with Gasteiger partial charge in [-0.3, -0.25) is 4.18 Å². The normalized spacial score (nSPS) is 16.7. The first-order chi connectivity index (χ1) is 20.9. The molecule has 0 saturated carbocycles. The van der Waals surface area contributed by atoms with Gasteiger partial charge in [0, 0.05) is 19.9 Å². The van der Waals surface area contributed by atoms with E-state index in [4.69, 9.17) is 18.4 Å². The third kappa shape index (κ3) is 8.94. The second kappa shape index (κ2) is 14.7. The van der Waals surface area contributed by atoms with E-state index in [0.29, 0.717) is 12.4 Å². The van der Waals surface area contributed by atoms with E-state index in [0.717, 1.165) is 51.4 Å². The van der Waals surface area contributed by atoms with E-state index in [1.807, 2.05) is 74.8 Å². The maximum atomic E-state index is 12.8. The van der Waals surface area contributed by atoms with Gasteiger partial charge < -0.3 is 19.5 Å². The van der Waals surface area contributed by atoms with Crippen molar-refractivity contribution in [1.82, 2.24) is 9.97 Å². The molecule has 2 atom stereocenters. The van der Waals surface area contributed by atoms with Crippen LogP contribution < -0.4 is 10.1 Å². The molecule has 1 aliphatic heterocycles. The van der Waals surface area contributed by atoms with E-state index in [9.17, 15) is 8.42 Å². The molecule has 2 unspecified atom stereocenters. The number of aryl methyl sites for hydroxylation is 1. The Kier molecular flexibility index (Phi) is 10.6. The number of allylic oxidation sites excluding steroid dienone is 2. The van der Waals surface area contributed by atoms with Gasteiger partial charge in [0.25, 0.3) is 10.1 Å². The lowest BCUT2D eigenvalue weighted by Crippen LogP contribution is -2.35.